The van der Waals surface area contributed by atoms with Gasteiger partial charge in [-0.05, 0) is 37.0 Å². The second-order valence-corrected chi connectivity index (χ2v) is 4.93. The highest BCUT2D eigenvalue weighted by molar-refractivity contribution is 5.27. The lowest BCUT2D eigenvalue weighted by molar-refractivity contribution is 0.0363. The van der Waals surface area contributed by atoms with Gasteiger partial charge in [0.15, 0.2) is 0 Å². The van der Waals surface area contributed by atoms with E-state index < -0.39 is 0 Å². The van der Waals surface area contributed by atoms with Crippen LogP contribution in [0.1, 0.15) is 31.9 Å². The van der Waals surface area contributed by atoms with Crippen LogP contribution < -0.4 is 5.32 Å². The lowest BCUT2D eigenvalue weighted by atomic mass is 9.96. The number of ether oxygens (including phenoxy) is 1. The molecule has 2 N–H and O–H groups in total. The first-order chi connectivity index (χ1) is 8.16. The number of nitrogens with one attached hydrogen (secondary N) is 1. The fourth-order valence-corrected chi connectivity index (χ4v) is 2.31. The van der Waals surface area contributed by atoms with Gasteiger partial charge in [-0.2, -0.15) is 0 Å². The van der Waals surface area contributed by atoms with Gasteiger partial charge in [-0.25, -0.2) is 0 Å². The van der Waals surface area contributed by atoms with Gasteiger partial charge in [0.1, 0.15) is 5.75 Å². The molecule has 0 spiro atoms. The minimum absolute atomic E-state index is 0.307. The zero-order chi connectivity index (χ0) is 12.3. The highest BCUT2D eigenvalue weighted by atomic mass is 16.5. The molecule has 1 aromatic rings. The predicted octanol–water partition coefficient (Wildman–Crippen LogP) is 2.47. The highest BCUT2D eigenvalue weighted by Crippen LogP contribution is 2.21. The SMILES string of the molecule is CC(NC1CCOCC1C)c1ccc(O)cc1. The summed E-state index contributed by atoms with van der Waals surface area (Å²) in [4.78, 5) is 0. The first kappa shape index (κ1) is 12.4. The quantitative estimate of drug-likeness (QED) is 0.845. The third-order valence-corrected chi connectivity index (χ3v) is 3.50. The molecule has 0 saturated carbocycles. The Morgan fingerprint density at radius 1 is 1.35 bits per heavy atom. The van der Waals surface area contributed by atoms with E-state index in [1.807, 2.05) is 12.1 Å². The van der Waals surface area contributed by atoms with Crippen molar-refractivity contribution < 1.29 is 9.84 Å². The Balaban J connectivity index is 1.95. The second kappa shape index (κ2) is 5.52. The molecule has 3 atom stereocenters. The topological polar surface area (TPSA) is 41.5 Å². The van der Waals surface area contributed by atoms with Crippen molar-refractivity contribution in [1.82, 2.24) is 5.32 Å². The molecule has 17 heavy (non-hydrogen) atoms. The van der Waals surface area contributed by atoms with E-state index in [1.54, 1.807) is 12.1 Å². The van der Waals surface area contributed by atoms with Crippen LogP contribution in [0.2, 0.25) is 0 Å². The van der Waals surface area contributed by atoms with E-state index in [4.69, 9.17) is 4.74 Å². The van der Waals surface area contributed by atoms with E-state index in [-0.39, 0.29) is 0 Å². The zero-order valence-electron chi connectivity index (χ0n) is 10.5. The summed E-state index contributed by atoms with van der Waals surface area (Å²) in [5.74, 6) is 0.878. The monoisotopic (exact) mass is 235 g/mol. The molecule has 3 heteroatoms. The smallest absolute Gasteiger partial charge is 0.115 e. The molecule has 0 amide bonds. The minimum atomic E-state index is 0.307. The van der Waals surface area contributed by atoms with Crippen LogP contribution >= 0.6 is 0 Å². The molecule has 2 rings (SSSR count). The molecule has 1 heterocycles. The number of rotatable bonds is 3. The average molecular weight is 235 g/mol. The molecule has 3 unspecified atom stereocenters. The molecule has 1 saturated heterocycles. The van der Waals surface area contributed by atoms with Crippen LogP contribution in [-0.4, -0.2) is 24.4 Å². The molecule has 3 nitrogen and oxygen atoms in total. The average Bonchev–Trinajstić information content (AvgIpc) is 2.33. The molecule has 0 aliphatic carbocycles. The second-order valence-electron chi connectivity index (χ2n) is 4.93. The van der Waals surface area contributed by atoms with Crippen LogP contribution in [-0.2, 0) is 4.74 Å². The van der Waals surface area contributed by atoms with Crippen LogP contribution in [0.4, 0.5) is 0 Å². The van der Waals surface area contributed by atoms with Gasteiger partial charge in [-0.15, -0.1) is 0 Å². The first-order valence-corrected chi connectivity index (χ1v) is 6.29. The van der Waals surface area contributed by atoms with Crippen molar-refractivity contribution in [2.75, 3.05) is 13.2 Å². The van der Waals surface area contributed by atoms with Gasteiger partial charge in [0, 0.05) is 18.7 Å². The molecule has 1 aromatic carbocycles. The Morgan fingerprint density at radius 2 is 2.06 bits per heavy atom. The van der Waals surface area contributed by atoms with E-state index in [0.717, 1.165) is 19.6 Å². The lowest BCUT2D eigenvalue weighted by Gasteiger charge is -2.32. The van der Waals surface area contributed by atoms with E-state index in [9.17, 15) is 5.11 Å². The lowest BCUT2D eigenvalue weighted by Crippen LogP contribution is -2.42. The number of hydrogen-bond donors (Lipinski definition) is 2. The van der Waals surface area contributed by atoms with Gasteiger partial charge in [0.05, 0.1) is 6.61 Å². The molecule has 1 aliphatic rings. The molecule has 0 aromatic heterocycles. The van der Waals surface area contributed by atoms with Crippen molar-refractivity contribution in [1.29, 1.82) is 0 Å². The van der Waals surface area contributed by atoms with E-state index in [2.05, 4.69) is 19.2 Å². The normalized spacial score (nSPS) is 26.7. The summed E-state index contributed by atoms with van der Waals surface area (Å²) in [6, 6.07) is 8.24. The van der Waals surface area contributed by atoms with Crippen molar-refractivity contribution in [3.8, 4) is 5.75 Å². The van der Waals surface area contributed by atoms with Gasteiger partial charge in [0.25, 0.3) is 0 Å². The summed E-state index contributed by atoms with van der Waals surface area (Å²) < 4.78 is 5.44. The van der Waals surface area contributed by atoms with Crippen LogP contribution in [0.5, 0.6) is 5.75 Å². The fourth-order valence-electron chi connectivity index (χ4n) is 2.31. The summed E-state index contributed by atoms with van der Waals surface area (Å²) in [7, 11) is 0. The zero-order valence-corrected chi connectivity index (χ0v) is 10.5. The maximum absolute atomic E-state index is 9.26. The Labute approximate surface area is 103 Å². The molecule has 0 bridgehead atoms. The highest BCUT2D eigenvalue weighted by Gasteiger charge is 2.23. The van der Waals surface area contributed by atoms with Crippen molar-refractivity contribution in [3.05, 3.63) is 29.8 Å². The third-order valence-electron chi connectivity index (χ3n) is 3.50. The molecule has 1 fully saturated rings. The van der Waals surface area contributed by atoms with E-state index in [1.165, 1.54) is 5.56 Å². The predicted molar refractivity (Wildman–Crippen MR) is 68.0 cm³/mol. The fraction of sp³-hybridized carbons (Fsp3) is 0.571. The van der Waals surface area contributed by atoms with Crippen LogP contribution in [0.3, 0.4) is 0 Å². The van der Waals surface area contributed by atoms with Gasteiger partial charge < -0.3 is 15.2 Å². The maximum Gasteiger partial charge on any atom is 0.115 e. The third kappa shape index (κ3) is 3.20. The molecule has 0 radical (unpaired) electrons. The number of hydrogen-bond acceptors (Lipinski definition) is 3. The van der Waals surface area contributed by atoms with Crippen molar-refractivity contribution in [2.45, 2.75) is 32.4 Å². The van der Waals surface area contributed by atoms with Crippen molar-refractivity contribution in [3.63, 3.8) is 0 Å². The first-order valence-electron chi connectivity index (χ1n) is 6.29. The summed E-state index contributed by atoms with van der Waals surface area (Å²) in [6.07, 6.45) is 1.07. The van der Waals surface area contributed by atoms with Gasteiger partial charge >= 0.3 is 0 Å². The van der Waals surface area contributed by atoms with Crippen molar-refractivity contribution in [2.24, 2.45) is 5.92 Å². The summed E-state index contributed by atoms with van der Waals surface area (Å²) >= 11 is 0. The number of aromatic hydroxyl groups is 1. The summed E-state index contributed by atoms with van der Waals surface area (Å²) in [5.41, 5.74) is 1.21. The molecule has 1 aliphatic heterocycles. The molecule has 94 valence electrons. The van der Waals surface area contributed by atoms with Crippen LogP contribution in [0.15, 0.2) is 24.3 Å². The Hall–Kier alpha value is -1.06. The van der Waals surface area contributed by atoms with E-state index >= 15 is 0 Å². The van der Waals surface area contributed by atoms with Gasteiger partial charge in [-0.3, -0.25) is 0 Å². The Kier molecular flexibility index (Phi) is 4.02. The number of benzene rings is 1. The molecular formula is C14H21NO2. The Morgan fingerprint density at radius 3 is 2.71 bits per heavy atom. The van der Waals surface area contributed by atoms with Crippen molar-refractivity contribution >= 4 is 0 Å². The largest absolute Gasteiger partial charge is 0.508 e. The van der Waals surface area contributed by atoms with Gasteiger partial charge in [0.2, 0.25) is 0 Å². The number of phenolic OH excluding ortho intramolecular Hbond substituents is 1. The minimum Gasteiger partial charge on any atom is -0.508 e. The van der Waals surface area contributed by atoms with Crippen LogP contribution in [0.25, 0.3) is 0 Å². The van der Waals surface area contributed by atoms with E-state index in [0.29, 0.717) is 23.8 Å². The van der Waals surface area contributed by atoms with Crippen LogP contribution in [0, 0.1) is 5.92 Å². The summed E-state index contributed by atoms with van der Waals surface area (Å²) in [5, 5.41) is 12.9. The molecular weight excluding hydrogens is 214 g/mol. The Bertz CT molecular complexity index is 350. The standard InChI is InChI=1S/C14H21NO2/c1-10-9-17-8-7-14(10)15-11(2)12-3-5-13(16)6-4-12/h3-6,10-11,14-16H,7-9H2,1-2H3. The summed E-state index contributed by atoms with van der Waals surface area (Å²) in [6.45, 7) is 6.08. The maximum atomic E-state index is 9.26. The van der Waals surface area contributed by atoms with Gasteiger partial charge in [-0.1, -0.05) is 19.1 Å². The number of phenols is 1.